The highest BCUT2D eigenvalue weighted by Gasteiger charge is 2.15. The monoisotopic (exact) mass is 374 g/mol. The Bertz CT molecular complexity index is 517. The van der Waals surface area contributed by atoms with E-state index in [2.05, 4.69) is 20.6 Å². The molecule has 1 amide bonds. The molecule has 0 saturated heterocycles. The van der Waals surface area contributed by atoms with Crippen LogP contribution in [-0.2, 0) is 0 Å². The minimum atomic E-state index is -0.234. The average Bonchev–Trinajstić information content (AvgIpc) is 2.80. The van der Waals surface area contributed by atoms with E-state index in [9.17, 15) is 4.79 Å². The summed E-state index contributed by atoms with van der Waals surface area (Å²) >= 11 is 6.05. The molecular formula is C17H28Cl2N4O. The Morgan fingerprint density at radius 3 is 2.54 bits per heavy atom. The predicted molar refractivity (Wildman–Crippen MR) is 100 cm³/mol. The fourth-order valence-electron chi connectivity index (χ4n) is 2.84. The van der Waals surface area contributed by atoms with E-state index in [1.165, 1.54) is 44.7 Å². The molecule has 0 aliphatic heterocycles. The minimum absolute atomic E-state index is 0. The van der Waals surface area contributed by atoms with E-state index in [0.29, 0.717) is 23.4 Å². The summed E-state index contributed by atoms with van der Waals surface area (Å²) in [6, 6.07) is 0.588. The first-order chi connectivity index (χ1) is 11.1. The fourth-order valence-corrected chi connectivity index (χ4v) is 3.01. The lowest BCUT2D eigenvalue weighted by Gasteiger charge is -2.16. The van der Waals surface area contributed by atoms with E-state index in [0.717, 1.165) is 6.54 Å². The summed E-state index contributed by atoms with van der Waals surface area (Å²) < 4.78 is 0. The molecule has 0 aromatic carbocycles. The van der Waals surface area contributed by atoms with Gasteiger partial charge in [0.15, 0.2) is 0 Å². The lowest BCUT2D eigenvalue weighted by molar-refractivity contribution is 0.0948. The first-order valence-corrected chi connectivity index (χ1v) is 8.99. The molecule has 5 nitrogen and oxygen atoms in total. The van der Waals surface area contributed by atoms with Gasteiger partial charge in [-0.05, 0) is 12.8 Å². The number of hydrogen-bond acceptors (Lipinski definition) is 4. The molecule has 0 radical (unpaired) electrons. The number of nitrogens with one attached hydrogen (secondary N) is 2. The number of carbonyl (C=O) groups excluding carboxylic acids is 1. The summed E-state index contributed by atoms with van der Waals surface area (Å²) in [7, 11) is 0. The van der Waals surface area contributed by atoms with E-state index in [-0.39, 0.29) is 29.9 Å². The van der Waals surface area contributed by atoms with Crippen LogP contribution in [0.4, 0.5) is 0 Å². The van der Waals surface area contributed by atoms with Gasteiger partial charge in [-0.25, -0.2) is 9.97 Å². The second-order valence-electron chi connectivity index (χ2n) is 6.48. The minimum Gasteiger partial charge on any atom is -0.349 e. The standard InChI is InChI=1S/C17H27ClN4O.ClH/c1-12(2)16-21-11-14(18)15(22-16)17(23)20-10-9-19-13-7-5-3-4-6-8-13;/h11-13,19H,3-10H2,1-2H3,(H,20,23);1H. The first-order valence-electron chi connectivity index (χ1n) is 8.62. The molecular weight excluding hydrogens is 347 g/mol. The van der Waals surface area contributed by atoms with E-state index in [4.69, 9.17) is 11.6 Å². The molecule has 1 aromatic rings. The highest BCUT2D eigenvalue weighted by molar-refractivity contribution is 6.33. The molecule has 136 valence electrons. The van der Waals surface area contributed by atoms with Crippen LogP contribution in [0, 0.1) is 0 Å². The molecule has 0 atom stereocenters. The number of rotatable bonds is 6. The molecule has 2 rings (SSSR count). The van der Waals surface area contributed by atoms with E-state index in [1.54, 1.807) is 0 Å². The van der Waals surface area contributed by atoms with Gasteiger partial charge in [0, 0.05) is 25.0 Å². The molecule has 7 heteroatoms. The molecule has 1 aliphatic carbocycles. The number of nitrogens with zero attached hydrogens (tertiary/aromatic N) is 2. The van der Waals surface area contributed by atoms with Crippen LogP contribution in [0.2, 0.25) is 5.02 Å². The van der Waals surface area contributed by atoms with Crippen LogP contribution in [0.1, 0.15) is 74.6 Å². The van der Waals surface area contributed by atoms with Gasteiger partial charge in [0.25, 0.3) is 5.91 Å². The van der Waals surface area contributed by atoms with Gasteiger partial charge in [-0.1, -0.05) is 51.1 Å². The van der Waals surface area contributed by atoms with Crippen molar-refractivity contribution in [1.29, 1.82) is 0 Å². The summed E-state index contributed by atoms with van der Waals surface area (Å²) in [6.45, 7) is 5.33. The van der Waals surface area contributed by atoms with Crippen molar-refractivity contribution in [1.82, 2.24) is 20.6 Å². The van der Waals surface area contributed by atoms with Crippen LogP contribution in [0.25, 0.3) is 0 Å². The summed E-state index contributed by atoms with van der Waals surface area (Å²) in [5, 5.41) is 6.71. The Morgan fingerprint density at radius 2 is 1.92 bits per heavy atom. The van der Waals surface area contributed by atoms with Gasteiger partial charge in [0.2, 0.25) is 0 Å². The third-order valence-corrected chi connectivity index (χ3v) is 4.47. The van der Waals surface area contributed by atoms with Crippen LogP contribution in [-0.4, -0.2) is 35.0 Å². The third kappa shape index (κ3) is 6.54. The van der Waals surface area contributed by atoms with Crippen molar-refractivity contribution < 1.29 is 4.79 Å². The van der Waals surface area contributed by atoms with Crippen LogP contribution in [0.5, 0.6) is 0 Å². The molecule has 1 heterocycles. The molecule has 1 aliphatic rings. The second kappa shape index (κ2) is 10.9. The van der Waals surface area contributed by atoms with Gasteiger partial charge in [0.1, 0.15) is 11.5 Å². The van der Waals surface area contributed by atoms with E-state index >= 15 is 0 Å². The lowest BCUT2D eigenvalue weighted by atomic mass is 10.1. The highest BCUT2D eigenvalue weighted by Crippen LogP contribution is 2.17. The maximum atomic E-state index is 12.2. The number of aromatic nitrogens is 2. The smallest absolute Gasteiger partial charge is 0.271 e. The Hall–Kier alpha value is -0.910. The van der Waals surface area contributed by atoms with Crippen LogP contribution in [0.15, 0.2) is 6.20 Å². The van der Waals surface area contributed by atoms with Crippen LogP contribution in [0.3, 0.4) is 0 Å². The first kappa shape index (κ1) is 21.1. The molecule has 0 bridgehead atoms. The van der Waals surface area contributed by atoms with Gasteiger partial charge in [-0.2, -0.15) is 0 Å². The summed E-state index contributed by atoms with van der Waals surface area (Å²) in [6.07, 6.45) is 9.28. The van der Waals surface area contributed by atoms with Crippen molar-refractivity contribution in [2.75, 3.05) is 13.1 Å². The van der Waals surface area contributed by atoms with Crippen molar-refractivity contribution in [2.24, 2.45) is 0 Å². The van der Waals surface area contributed by atoms with Gasteiger partial charge < -0.3 is 10.6 Å². The summed E-state index contributed by atoms with van der Waals surface area (Å²) in [5.74, 6) is 0.564. The highest BCUT2D eigenvalue weighted by atomic mass is 35.5. The molecule has 2 N–H and O–H groups in total. The zero-order valence-electron chi connectivity index (χ0n) is 14.5. The molecule has 1 saturated carbocycles. The molecule has 1 aromatic heterocycles. The zero-order chi connectivity index (χ0) is 16.7. The third-order valence-electron chi connectivity index (χ3n) is 4.19. The topological polar surface area (TPSA) is 66.9 Å². The van der Waals surface area contributed by atoms with Gasteiger partial charge in [0.05, 0.1) is 11.2 Å². The maximum Gasteiger partial charge on any atom is 0.271 e. The molecule has 1 fully saturated rings. The second-order valence-corrected chi connectivity index (χ2v) is 6.89. The Morgan fingerprint density at radius 1 is 1.25 bits per heavy atom. The lowest BCUT2D eigenvalue weighted by Crippen LogP contribution is -2.37. The number of halogens is 2. The predicted octanol–water partition coefficient (Wildman–Crippen LogP) is 3.72. The average molecular weight is 375 g/mol. The SMILES string of the molecule is CC(C)c1ncc(Cl)c(C(=O)NCCNC2CCCCCC2)n1.Cl. The maximum absolute atomic E-state index is 12.2. The quantitative estimate of drug-likeness (QED) is 0.588. The molecule has 0 spiro atoms. The Kier molecular flexibility index (Phi) is 9.56. The fraction of sp³-hybridized carbons (Fsp3) is 0.706. The normalized spacial score (nSPS) is 15.7. The van der Waals surface area contributed by atoms with Gasteiger partial charge in [-0.3, -0.25) is 4.79 Å². The van der Waals surface area contributed by atoms with Crippen molar-refractivity contribution in [3.8, 4) is 0 Å². The largest absolute Gasteiger partial charge is 0.349 e. The molecule has 24 heavy (non-hydrogen) atoms. The van der Waals surface area contributed by atoms with Gasteiger partial charge >= 0.3 is 0 Å². The molecule has 0 unspecified atom stereocenters. The number of carbonyl (C=O) groups is 1. The number of amides is 1. The van der Waals surface area contributed by atoms with Gasteiger partial charge in [-0.15, -0.1) is 12.4 Å². The van der Waals surface area contributed by atoms with Crippen molar-refractivity contribution in [3.63, 3.8) is 0 Å². The number of hydrogen-bond donors (Lipinski definition) is 2. The van der Waals surface area contributed by atoms with Crippen molar-refractivity contribution in [2.45, 2.75) is 64.3 Å². The summed E-state index contributed by atoms with van der Waals surface area (Å²) in [4.78, 5) is 20.7. The van der Waals surface area contributed by atoms with E-state index in [1.807, 2.05) is 13.8 Å². The van der Waals surface area contributed by atoms with E-state index < -0.39 is 0 Å². The summed E-state index contributed by atoms with van der Waals surface area (Å²) in [5.41, 5.74) is 0.264. The Labute approximate surface area is 155 Å². The van der Waals surface area contributed by atoms with Crippen molar-refractivity contribution >= 4 is 29.9 Å². The van der Waals surface area contributed by atoms with Crippen LogP contribution < -0.4 is 10.6 Å². The van der Waals surface area contributed by atoms with Crippen molar-refractivity contribution in [3.05, 3.63) is 22.7 Å². The Balaban J connectivity index is 0.00000288. The van der Waals surface area contributed by atoms with Crippen LogP contribution >= 0.6 is 24.0 Å². The zero-order valence-corrected chi connectivity index (χ0v) is 16.1.